The number of fused-ring (bicyclic) bond motifs is 2. The second-order valence-electron chi connectivity index (χ2n) is 7.15. The highest BCUT2D eigenvalue weighted by molar-refractivity contribution is 5.34. The van der Waals surface area contributed by atoms with Crippen molar-refractivity contribution < 1.29 is 0 Å². The van der Waals surface area contributed by atoms with Crippen LogP contribution in [0.15, 0.2) is 54.6 Å². The Hall–Kier alpha value is -1.60. The van der Waals surface area contributed by atoms with E-state index in [0.29, 0.717) is 17.9 Å². The van der Waals surface area contributed by atoms with Gasteiger partial charge in [0.15, 0.2) is 0 Å². The average molecular weight is 291 g/mol. The smallest absolute Gasteiger partial charge is 0.0170 e. The number of likely N-dealkylation sites (N-methyl/N-ethyl adjacent to an activating group) is 1. The summed E-state index contributed by atoms with van der Waals surface area (Å²) in [6.07, 6.45) is 4.02. The molecule has 114 valence electrons. The van der Waals surface area contributed by atoms with Gasteiger partial charge in [0, 0.05) is 18.0 Å². The van der Waals surface area contributed by atoms with Crippen molar-refractivity contribution in [2.75, 3.05) is 7.05 Å². The Balaban J connectivity index is 1.77. The van der Waals surface area contributed by atoms with Crippen LogP contribution in [-0.2, 0) is 0 Å². The zero-order valence-corrected chi connectivity index (χ0v) is 13.6. The number of piperidine rings is 1. The van der Waals surface area contributed by atoms with Crippen LogP contribution in [0.1, 0.15) is 47.8 Å². The lowest BCUT2D eigenvalue weighted by Crippen LogP contribution is -2.44. The van der Waals surface area contributed by atoms with E-state index in [1.165, 1.54) is 36.0 Å². The number of aryl methyl sites for hydroxylation is 1. The molecule has 4 atom stereocenters. The fourth-order valence-corrected chi connectivity index (χ4v) is 4.75. The molecule has 2 fully saturated rings. The van der Waals surface area contributed by atoms with Gasteiger partial charge in [0.05, 0.1) is 0 Å². The molecular weight excluding hydrogens is 266 g/mol. The summed E-state index contributed by atoms with van der Waals surface area (Å²) in [6, 6.07) is 21.9. The number of hydrogen-bond acceptors (Lipinski definition) is 1. The Labute approximate surface area is 134 Å². The van der Waals surface area contributed by atoms with Crippen molar-refractivity contribution in [3.05, 3.63) is 71.3 Å². The van der Waals surface area contributed by atoms with Crippen LogP contribution in [0, 0.1) is 6.92 Å². The molecule has 0 saturated carbocycles. The molecule has 2 bridgehead atoms. The Bertz CT molecular complexity index is 631. The Morgan fingerprint density at radius 3 is 2.32 bits per heavy atom. The van der Waals surface area contributed by atoms with Crippen molar-refractivity contribution in [1.29, 1.82) is 0 Å². The van der Waals surface area contributed by atoms with Crippen molar-refractivity contribution in [3.8, 4) is 0 Å². The van der Waals surface area contributed by atoms with Crippen molar-refractivity contribution >= 4 is 0 Å². The molecule has 1 heteroatoms. The third-order valence-electron chi connectivity index (χ3n) is 5.96. The lowest BCUT2D eigenvalue weighted by atomic mass is 9.73. The second-order valence-corrected chi connectivity index (χ2v) is 7.15. The molecule has 1 nitrogen and oxygen atoms in total. The first-order valence-electron chi connectivity index (χ1n) is 8.57. The van der Waals surface area contributed by atoms with Crippen LogP contribution in [0.25, 0.3) is 0 Å². The van der Waals surface area contributed by atoms with Crippen LogP contribution in [0.3, 0.4) is 0 Å². The summed E-state index contributed by atoms with van der Waals surface area (Å²) < 4.78 is 0. The average Bonchev–Trinajstić information content (AvgIpc) is 2.79. The van der Waals surface area contributed by atoms with E-state index in [2.05, 4.69) is 73.5 Å². The molecule has 0 N–H and O–H groups in total. The highest BCUT2D eigenvalue weighted by Crippen LogP contribution is 2.50. The largest absolute Gasteiger partial charge is 0.300 e. The molecule has 2 aromatic carbocycles. The van der Waals surface area contributed by atoms with Gasteiger partial charge in [-0.25, -0.2) is 0 Å². The minimum Gasteiger partial charge on any atom is -0.300 e. The van der Waals surface area contributed by atoms with Gasteiger partial charge in [0.25, 0.3) is 0 Å². The minimum absolute atomic E-state index is 0.631. The summed E-state index contributed by atoms with van der Waals surface area (Å²) in [5.41, 5.74) is 4.41. The quantitative estimate of drug-likeness (QED) is 0.773. The Kier molecular flexibility index (Phi) is 3.54. The van der Waals surface area contributed by atoms with Crippen molar-refractivity contribution in [1.82, 2.24) is 4.90 Å². The third kappa shape index (κ3) is 2.28. The first-order valence-corrected chi connectivity index (χ1v) is 8.57. The number of benzene rings is 2. The van der Waals surface area contributed by atoms with E-state index in [1.54, 1.807) is 0 Å². The van der Waals surface area contributed by atoms with Crippen LogP contribution in [0.2, 0.25) is 0 Å². The van der Waals surface area contributed by atoms with Crippen LogP contribution in [0.5, 0.6) is 0 Å². The lowest BCUT2D eigenvalue weighted by molar-refractivity contribution is 0.137. The number of rotatable bonds is 2. The van der Waals surface area contributed by atoms with E-state index in [4.69, 9.17) is 0 Å². The maximum atomic E-state index is 2.66. The molecule has 4 rings (SSSR count). The van der Waals surface area contributed by atoms with E-state index in [-0.39, 0.29) is 0 Å². The Morgan fingerprint density at radius 1 is 0.864 bits per heavy atom. The first kappa shape index (κ1) is 14.0. The van der Waals surface area contributed by atoms with Gasteiger partial charge in [-0.3, -0.25) is 4.90 Å². The zero-order chi connectivity index (χ0) is 15.1. The van der Waals surface area contributed by atoms with E-state index in [1.807, 2.05) is 0 Å². The molecule has 2 aliphatic rings. The van der Waals surface area contributed by atoms with Gasteiger partial charge in [0.2, 0.25) is 0 Å². The molecule has 0 aliphatic carbocycles. The second kappa shape index (κ2) is 5.55. The molecule has 2 heterocycles. The SMILES string of the molecule is Cc1ccc(C2C3CC[C@H](C[C@@H]2c2ccccc2)N3C)cc1. The Morgan fingerprint density at radius 2 is 1.59 bits per heavy atom. The van der Waals surface area contributed by atoms with E-state index in [9.17, 15) is 0 Å². The highest BCUT2D eigenvalue weighted by Gasteiger charge is 2.46. The van der Waals surface area contributed by atoms with Gasteiger partial charge in [-0.15, -0.1) is 0 Å². The fourth-order valence-electron chi connectivity index (χ4n) is 4.75. The predicted octanol–water partition coefficient (Wildman–Crippen LogP) is 4.73. The van der Waals surface area contributed by atoms with E-state index in [0.717, 1.165) is 6.04 Å². The van der Waals surface area contributed by atoms with Crippen LogP contribution < -0.4 is 0 Å². The molecule has 2 saturated heterocycles. The molecule has 0 amide bonds. The number of nitrogens with zero attached hydrogens (tertiary/aromatic N) is 1. The van der Waals surface area contributed by atoms with Crippen LogP contribution >= 0.6 is 0 Å². The van der Waals surface area contributed by atoms with Crippen molar-refractivity contribution in [2.24, 2.45) is 0 Å². The summed E-state index contributed by atoms with van der Waals surface area (Å²) in [5, 5.41) is 0. The number of hydrogen-bond donors (Lipinski definition) is 0. The molecule has 2 aliphatic heterocycles. The third-order valence-corrected chi connectivity index (χ3v) is 5.96. The lowest BCUT2D eigenvalue weighted by Gasteiger charge is -2.43. The van der Waals surface area contributed by atoms with Gasteiger partial charge < -0.3 is 0 Å². The van der Waals surface area contributed by atoms with Crippen molar-refractivity contribution in [2.45, 2.75) is 50.1 Å². The van der Waals surface area contributed by atoms with E-state index < -0.39 is 0 Å². The standard InChI is InChI=1S/C21H25N/c1-15-8-10-17(11-9-15)21-19(16-6-4-3-5-7-16)14-18-12-13-20(21)22(18)2/h3-11,18-21H,12-14H2,1-2H3/t18-,19-,20?,21?/m1/s1. The topological polar surface area (TPSA) is 3.24 Å². The molecule has 0 aromatic heterocycles. The molecular formula is C21H25N. The highest BCUT2D eigenvalue weighted by atomic mass is 15.2. The molecule has 0 spiro atoms. The van der Waals surface area contributed by atoms with Gasteiger partial charge in [-0.05, 0) is 50.3 Å². The normalized spacial score (nSPS) is 31.4. The van der Waals surface area contributed by atoms with E-state index >= 15 is 0 Å². The van der Waals surface area contributed by atoms with Gasteiger partial charge in [-0.1, -0.05) is 60.2 Å². The molecule has 22 heavy (non-hydrogen) atoms. The first-order chi connectivity index (χ1) is 10.7. The maximum Gasteiger partial charge on any atom is 0.0170 e. The fraction of sp³-hybridized carbons (Fsp3) is 0.429. The zero-order valence-electron chi connectivity index (χ0n) is 13.6. The summed E-state index contributed by atoms with van der Waals surface area (Å²) in [6.45, 7) is 2.18. The summed E-state index contributed by atoms with van der Waals surface area (Å²) in [4.78, 5) is 2.66. The molecule has 2 aromatic rings. The van der Waals surface area contributed by atoms with Crippen LogP contribution in [-0.4, -0.2) is 24.0 Å². The van der Waals surface area contributed by atoms with Crippen molar-refractivity contribution in [3.63, 3.8) is 0 Å². The van der Waals surface area contributed by atoms with Gasteiger partial charge >= 0.3 is 0 Å². The van der Waals surface area contributed by atoms with Gasteiger partial charge in [0.1, 0.15) is 0 Å². The summed E-state index contributed by atoms with van der Waals surface area (Å²) in [5.74, 6) is 1.30. The van der Waals surface area contributed by atoms with Crippen LogP contribution in [0.4, 0.5) is 0 Å². The molecule has 2 unspecified atom stereocenters. The summed E-state index contributed by atoms with van der Waals surface area (Å²) in [7, 11) is 2.34. The van der Waals surface area contributed by atoms with Gasteiger partial charge in [-0.2, -0.15) is 0 Å². The summed E-state index contributed by atoms with van der Waals surface area (Å²) >= 11 is 0. The molecule has 0 radical (unpaired) electrons. The predicted molar refractivity (Wildman–Crippen MR) is 92.3 cm³/mol. The minimum atomic E-state index is 0.631. The monoisotopic (exact) mass is 291 g/mol. The maximum absolute atomic E-state index is 2.66.